The summed E-state index contributed by atoms with van der Waals surface area (Å²) < 4.78 is 33.9. The molecule has 1 saturated heterocycles. The maximum absolute atomic E-state index is 12.9. The smallest absolute Gasteiger partial charge is 0.254 e. The number of morpholine rings is 1. The SMILES string of the molecule is CC(NS(=O)(=O)c1cccc(C(=O)N2CCOC(C)(C)C2)c1)c1ccccc1. The quantitative estimate of drug-likeness (QED) is 0.834. The first kappa shape index (κ1) is 20.5. The zero-order chi connectivity index (χ0) is 20.4. The molecule has 0 aromatic heterocycles. The van der Waals surface area contributed by atoms with E-state index < -0.39 is 15.6 Å². The Labute approximate surface area is 166 Å². The molecule has 150 valence electrons. The van der Waals surface area contributed by atoms with Crippen LogP contribution in [0.4, 0.5) is 0 Å². The third-order valence-electron chi connectivity index (χ3n) is 4.74. The van der Waals surface area contributed by atoms with Gasteiger partial charge >= 0.3 is 0 Å². The maximum atomic E-state index is 12.9. The molecule has 1 N–H and O–H groups in total. The van der Waals surface area contributed by atoms with Gasteiger partial charge in [-0.25, -0.2) is 13.1 Å². The summed E-state index contributed by atoms with van der Waals surface area (Å²) >= 11 is 0. The fraction of sp³-hybridized carbons (Fsp3) is 0.381. The van der Waals surface area contributed by atoms with Gasteiger partial charge in [0.15, 0.2) is 0 Å². The largest absolute Gasteiger partial charge is 0.372 e. The van der Waals surface area contributed by atoms with Crippen molar-refractivity contribution >= 4 is 15.9 Å². The van der Waals surface area contributed by atoms with Crippen molar-refractivity contribution in [3.05, 3.63) is 65.7 Å². The zero-order valence-corrected chi connectivity index (χ0v) is 17.2. The van der Waals surface area contributed by atoms with Crippen molar-refractivity contribution in [1.29, 1.82) is 0 Å². The molecule has 0 spiro atoms. The van der Waals surface area contributed by atoms with Gasteiger partial charge in [-0.15, -0.1) is 0 Å². The number of rotatable bonds is 5. The third kappa shape index (κ3) is 4.79. The fourth-order valence-corrected chi connectivity index (χ4v) is 4.56. The molecule has 2 aromatic rings. The Bertz CT molecular complexity index is 942. The Balaban J connectivity index is 1.79. The predicted octanol–water partition coefficient (Wildman–Crippen LogP) is 2.98. The first-order chi connectivity index (χ1) is 13.2. The van der Waals surface area contributed by atoms with Gasteiger partial charge in [-0.3, -0.25) is 4.79 Å². The lowest BCUT2D eigenvalue weighted by molar-refractivity contribution is -0.0764. The lowest BCUT2D eigenvalue weighted by Gasteiger charge is -2.38. The molecule has 1 aliphatic rings. The summed E-state index contributed by atoms with van der Waals surface area (Å²) in [4.78, 5) is 14.6. The molecule has 2 aromatic carbocycles. The van der Waals surface area contributed by atoms with Gasteiger partial charge in [0, 0.05) is 24.7 Å². The second-order valence-corrected chi connectivity index (χ2v) is 9.33. The van der Waals surface area contributed by atoms with E-state index in [2.05, 4.69) is 4.72 Å². The Hall–Kier alpha value is -2.22. The summed E-state index contributed by atoms with van der Waals surface area (Å²) in [7, 11) is -3.76. The number of hydrogen-bond acceptors (Lipinski definition) is 4. The number of carbonyl (C=O) groups excluding carboxylic acids is 1. The Morgan fingerprint density at radius 2 is 1.86 bits per heavy atom. The summed E-state index contributed by atoms with van der Waals surface area (Å²) in [5.74, 6) is -0.190. The molecule has 1 fully saturated rings. The Kier molecular flexibility index (Phi) is 5.88. The third-order valence-corrected chi connectivity index (χ3v) is 6.27. The van der Waals surface area contributed by atoms with E-state index in [1.165, 1.54) is 12.1 Å². The highest BCUT2D eigenvalue weighted by molar-refractivity contribution is 7.89. The van der Waals surface area contributed by atoms with E-state index in [0.29, 0.717) is 25.3 Å². The molecule has 0 aliphatic carbocycles. The van der Waals surface area contributed by atoms with Crippen LogP contribution in [0.25, 0.3) is 0 Å². The second kappa shape index (κ2) is 8.03. The number of benzene rings is 2. The minimum Gasteiger partial charge on any atom is -0.372 e. The van der Waals surface area contributed by atoms with Crippen LogP contribution in [0.2, 0.25) is 0 Å². The number of ether oxygens (including phenoxy) is 1. The minimum atomic E-state index is -3.76. The number of hydrogen-bond donors (Lipinski definition) is 1. The zero-order valence-electron chi connectivity index (χ0n) is 16.4. The van der Waals surface area contributed by atoms with Gasteiger partial charge in [-0.05, 0) is 44.5 Å². The van der Waals surface area contributed by atoms with Crippen LogP contribution >= 0.6 is 0 Å². The minimum absolute atomic E-state index is 0.0775. The van der Waals surface area contributed by atoms with E-state index in [-0.39, 0.29) is 16.8 Å². The van der Waals surface area contributed by atoms with Crippen LogP contribution in [0.3, 0.4) is 0 Å². The molecule has 28 heavy (non-hydrogen) atoms. The van der Waals surface area contributed by atoms with Gasteiger partial charge in [0.1, 0.15) is 0 Å². The van der Waals surface area contributed by atoms with Crippen molar-refractivity contribution in [3.8, 4) is 0 Å². The molecule has 0 radical (unpaired) electrons. The lowest BCUT2D eigenvalue weighted by Crippen LogP contribution is -2.50. The molecule has 6 nitrogen and oxygen atoms in total. The average Bonchev–Trinajstić information content (AvgIpc) is 2.67. The monoisotopic (exact) mass is 402 g/mol. The standard InChI is InChI=1S/C21H26N2O4S/c1-16(17-8-5-4-6-9-17)22-28(25,26)19-11-7-10-18(14-19)20(24)23-12-13-27-21(2,3)15-23/h4-11,14,16,22H,12-13,15H2,1-3H3. The molecule has 1 heterocycles. The second-order valence-electron chi connectivity index (χ2n) is 7.62. The Morgan fingerprint density at radius 3 is 2.54 bits per heavy atom. The van der Waals surface area contributed by atoms with Crippen molar-refractivity contribution in [2.45, 2.75) is 37.3 Å². The fourth-order valence-electron chi connectivity index (χ4n) is 3.28. The molecule has 1 unspecified atom stereocenters. The normalized spacial score (nSPS) is 17.9. The molecule has 1 atom stereocenters. The van der Waals surface area contributed by atoms with Gasteiger partial charge in [0.25, 0.3) is 5.91 Å². The topological polar surface area (TPSA) is 75.7 Å². The average molecular weight is 403 g/mol. The van der Waals surface area contributed by atoms with E-state index in [1.54, 1.807) is 24.0 Å². The number of nitrogens with one attached hydrogen (secondary N) is 1. The van der Waals surface area contributed by atoms with Gasteiger partial charge < -0.3 is 9.64 Å². The number of sulfonamides is 1. The van der Waals surface area contributed by atoms with Crippen LogP contribution < -0.4 is 4.72 Å². The molecule has 1 aliphatic heterocycles. The summed E-state index contributed by atoms with van der Waals surface area (Å²) in [6.07, 6.45) is 0. The van der Waals surface area contributed by atoms with E-state index in [1.807, 2.05) is 44.2 Å². The van der Waals surface area contributed by atoms with Gasteiger partial charge in [0.05, 0.1) is 17.1 Å². The van der Waals surface area contributed by atoms with Gasteiger partial charge in [-0.1, -0.05) is 36.4 Å². The number of nitrogens with zero attached hydrogens (tertiary/aromatic N) is 1. The summed E-state index contributed by atoms with van der Waals surface area (Å²) in [6.45, 7) is 7.07. The summed E-state index contributed by atoms with van der Waals surface area (Å²) in [5.41, 5.74) is 0.811. The molecule has 0 saturated carbocycles. The first-order valence-corrected chi connectivity index (χ1v) is 10.8. The number of carbonyl (C=O) groups is 1. The van der Waals surface area contributed by atoms with Crippen molar-refractivity contribution in [2.24, 2.45) is 0 Å². The van der Waals surface area contributed by atoms with Crippen molar-refractivity contribution in [3.63, 3.8) is 0 Å². The van der Waals surface area contributed by atoms with E-state index in [9.17, 15) is 13.2 Å². The molecule has 0 bridgehead atoms. The van der Waals surface area contributed by atoms with Crippen molar-refractivity contribution in [2.75, 3.05) is 19.7 Å². The van der Waals surface area contributed by atoms with E-state index in [0.717, 1.165) is 5.56 Å². The van der Waals surface area contributed by atoms with E-state index >= 15 is 0 Å². The first-order valence-electron chi connectivity index (χ1n) is 9.28. The van der Waals surface area contributed by atoms with Crippen LogP contribution in [-0.4, -0.2) is 44.5 Å². The van der Waals surface area contributed by atoms with E-state index in [4.69, 9.17) is 4.74 Å². The molecule has 7 heteroatoms. The van der Waals surface area contributed by atoms with Crippen LogP contribution in [0.15, 0.2) is 59.5 Å². The lowest BCUT2D eigenvalue weighted by atomic mass is 10.1. The molecule has 3 rings (SSSR count). The highest BCUT2D eigenvalue weighted by Crippen LogP contribution is 2.21. The predicted molar refractivity (Wildman–Crippen MR) is 108 cm³/mol. The highest BCUT2D eigenvalue weighted by atomic mass is 32.2. The van der Waals surface area contributed by atoms with Crippen molar-refractivity contribution < 1.29 is 17.9 Å². The Morgan fingerprint density at radius 1 is 1.14 bits per heavy atom. The highest BCUT2D eigenvalue weighted by Gasteiger charge is 2.31. The van der Waals surface area contributed by atoms with Crippen molar-refractivity contribution in [1.82, 2.24) is 9.62 Å². The summed E-state index contributed by atoms with van der Waals surface area (Å²) in [6, 6.07) is 15.1. The molecular formula is C21H26N2O4S. The van der Waals surface area contributed by atoms with Gasteiger partial charge in [0.2, 0.25) is 10.0 Å². The summed E-state index contributed by atoms with van der Waals surface area (Å²) in [5, 5.41) is 0. The van der Waals surface area contributed by atoms with Crippen LogP contribution in [-0.2, 0) is 14.8 Å². The van der Waals surface area contributed by atoms with Crippen LogP contribution in [0, 0.1) is 0 Å². The van der Waals surface area contributed by atoms with Crippen LogP contribution in [0.5, 0.6) is 0 Å². The molecule has 1 amide bonds. The van der Waals surface area contributed by atoms with Gasteiger partial charge in [-0.2, -0.15) is 0 Å². The van der Waals surface area contributed by atoms with Crippen LogP contribution in [0.1, 0.15) is 42.7 Å². The number of amides is 1. The maximum Gasteiger partial charge on any atom is 0.254 e. The molecular weight excluding hydrogens is 376 g/mol.